The monoisotopic (exact) mass is 331 g/mol. The molecule has 1 amide bonds. The van der Waals surface area contributed by atoms with Crippen LogP contribution in [0.2, 0.25) is 0 Å². The maximum absolute atomic E-state index is 12.7. The number of nitrogens with one attached hydrogen (secondary N) is 1. The highest BCUT2D eigenvalue weighted by Gasteiger charge is 2.15. The summed E-state index contributed by atoms with van der Waals surface area (Å²) in [5.74, 6) is -0.137. The zero-order valence-corrected chi connectivity index (χ0v) is 14.4. The van der Waals surface area contributed by atoms with E-state index in [4.69, 9.17) is 0 Å². The fourth-order valence-corrected chi connectivity index (χ4v) is 2.65. The predicted molar refractivity (Wildman–Crippen MR) is 102 cm³/mol. The molecule has 1 heterocycles. The van der Waals surface area contributed by atoms with Crippen molar-refractivity contribution in [3.05, 3.63) is 90.3 Å². The Labute approximate surface area is 148 Å². The Hall–Kier alpha value is -3.14. The molecule has 0 saturated heterocycles. The van der Waals surface area contributed by atoms with Gasteiger partial charge < -0.3 is 10.2 Å². The molecule has 0 aliphatic rings. The Bertz CT molecular complexity index is 834. The van der Waals surface area contributed by atoms with Crippen molar-refractivity contribution in [1.29, 1.82) is 0 Å². The number of carbonyl (C=O) groups excluding carboxylic acids is 1. The number of rotatable bonds is 5. The maximum atomic E-state index is 12.7. The summed E-state index contributed by atoms with van der Waals surface area (Å²) in [5, 5.41) is 3.42. The van der Waals surface area contributed by atoms with Crippen molar-refractivity contribution in [3.63, 3.8) is 0 Å². The first kappa shape index (κ1) is 16.7. The van der Waals surface area contributed by atoms with Crippen molar-refractivity contribution in [2.45, 2.75) is 13.0 Å². The van der Waals surface area contributed by atoms with Gasteiger partial charge in [0, 0.05) is 30.7 Å². The van der Waals surface area contributed by atoms with Gasteiger partial charge in [-0.15, -0.1) is 0 Å². The molecular weight excluding hydrogens is 310 g/mol. The zero-order chi connectivity index (χ0) is 17.6. The van der Waals surface area contributed by atoms with Gasteiger partial charge in [0.2, 0.25) is 0 Å². The Kier molecular flexibility index (Phi) is 5.09. The highest BCUT2D eigenvalue weighted by molar-refractivity contribution is 6.04. The van der Waals surface area contributed by atoms with E-state index in [2.05, 4.69) is 29.4 Å². The summed E-state index contributed by atoms with van der Waals surface area (Å²) in [7, 11) is 1.76. The number of aromatic nitrogens is 1. The van der Waals surface area contributed by atoms with E-state index in [0.29, 0.717) is 5.69 Å². The van der Waals surface area contributed by atoms with E-state index >= 15 is 0 Å². The lowest BCUT2D eigenvalue weighted by Crippen LogP contribution is -2.27. The van der Waals surface area contributed by atoms with Gasteiger partial charge in [-0.3, -0.25) is 9.78 Å². The molecule has 0 bridgehead atoms. The van der Waals surface area contributed by atoms with Gasteiger partial charge in [0.1, 0.15) is 5.69 Å². The Morgan fingerprint density at radius 2 is 1.64 bits per heavy atom. The number of amides is 1. The molecule has 4 heteroatoms. The van der Waals surface area contributed by atoms with Gasteiger partial charge in [-0.05, 0) is 36.8 Å². The number of hydrogen-bond donors (Lipinski definition) is 1. The molecule has 1 aromatic heterocycles. The van der Waals surface area contributed by atoms with Crippen molar-refractivity contribution >= 4 is 17.3 Å². The minimum Gasteiger partial charge on any atom is -0.378 e. The number of carbonyl (C=O) groups is 1. The second-order valence-corrected chi connectivity index (χ2v) is 5.91. The number of pyridine rings is 1. The molecular formula is C21H21N3O. The standard InChI is InChI=1S/C21H21N3O/c1-16(17-9-5-3-6-10-17)23-18-13-14-22-20(15-18)21(25)24(2)19-11-7-4-8-12-19/h3-16H,1-2H3,(H,22,23). The number of anilines is 2. The van der Waals surface area contributed by atoms with Crippen LogP contribution in [0.15, 0.2) is 79.0 Å². The highest BCUT2D eigenvalue weighted by atomic mass is 16.2. The van der Waals surface area contributed by atoms with Crippen molar-refractivity contribution in [2.75, 3.05) is 17.3 Å². The topological polar surface area (TPSA) is 45.2 Å². The molecule has 4 nitrogen and oxygen atoms in total. The number of nitrogens with zero attached hydrogens (tertiary/aromatic N) is 2. The summed E-state index contributed by atoms with van der Waals surface area (Å²) in [5.41, 5.74) is 3.31. The lowest BCUT2D eigenvalue weighted by Gasteiger charge is -2.18. The van der Waals surface area contributed by atoms with Gasteiger partial charge in [-0.1, -0.05) is 48.5 Å². The van der Waals surface area contributed by atoms with Crippen LogP contribution < -0.4 is 10.2 Å². The molecule has 3 aromatic rings. The lowest BCUT2D eigenvalue weighted by molar-refractivity contribution is 0.0988. The summed E-state index contributed by atoms with van der Waals surface area (Å²) in [6.07, 6.45) is 1.66. The second kappa shape index (κ2) is 7.62. The quantitative estimate of drug-likeness (QED) is 0.747. The van der Waals surface area contributed by atoms with E-state index in [1.807, 2.05) is 54.6 Å². The lowest BCUT2D eigenvalue weighted by atomic mass is 10.1. The second-order valence-electron chi connectivity index (χ2n) is 5.91. The van der Waals surface area contributed by atoms with Gasteiger partial charge in [0.05, 0.1) is 0 Å². The molecule has 0 aliphatic carbocycles. The van der Waals surface area contributed by atoms with Crippen LogP contribution in [0.25, 0.3) is 0 Å². The van der Waals surface area contributed by atoms with E-state index < -0.39 is 0 Å². The van der Waals surface area contributed by atoms with Crippen LogP contribution in [-0.2, 0) is 0 Å². The minimum absolute atomic E-state index is 0.137. The van der Waals surface area contributed by atoms with Crippen LogP contribution in [-0.4, -0.2) is 17.9 Å². The van der Waals surface area contributed by atoms with Crippen molar-refractivity contribution < 1.29 is 4.79 Å². The van der Waals surface area contributed by atoms with E-state index in [1.54, 1.807) is 24.2 Å². The molecule has 0 fully saturated rings. The minimum atomic E-state index is -0.137. The molecule has 25 heavy (non-hydrogen) atoms. The van der Waals surface area contributed by atoms with E-state index in [9.17, 15) is 4.79 Å². The summed E-state index contributed by atoms with van der Waals surface area (Å²) in [6.45, 7) is 2.09. The van der Waals surface area contributed by atoms with Crippen LogP contribution in [0.5, 0.6) is 0 Å². The fraction of sp³-hybridized carbons (Fsp3) is 0.143. The fourth-order valence-electron chi connectivity index (χ4n) is 2.65. The van der Waals surface area contributed by atoms with E-state index in [1.165, 1.54) is 5.56 Å². The molecule has 0 aliphatic heterocycles. The average molecular weight is 331 g/mol. The molecule has 1 N–H and O–H groups in total. The molecule has 0 spiro atoms. The first-order valence-electron chi connectivity index (χ1n) is 8.26. The molecule has 1 atom stereocenters. The molecule has 0 radical (unpaired) electrons. The third kappa shape index (κ3) is 4.04. The Morgan fingerprint density at radius 1 is 1.00 bits per heavy atom. The normalized spacial score (nSPS) is 11.6. The Morgan fingerprint density at radius 3 is 2.32 bits per heavy atom. The Balaban J connectivity index is 1.76. The third-order valence-corrected chi connectivity index (χ3v) is 4.11. The SMILES string of the molecule is CC(Nc1ccnc(C(=O)N(C)c2ccccc2)c1)c1ccccc1. The van der Waals surface area contributed by atoms with Gasteiger partial charge >= 0.3 is 0 Å². The van der Waals surface area contributed by atoms with Crippen molar-refractivity contribution in [2.24, 2.45) is 0 Å². The number of hydrogen-bond acceptors (Lipinski definition) is 3. The van der Waals surface area contributed by atoms with Crippen LogP contribution in [0.4, 0.5) is 11.4 Å². The third-order valence-electron chi connectivity index (χ3n) is 4.11. The van der Waals surface area contributed by atoms with Crippen LogP contribution in [0.1, 0.15) is 29.0 Å². The van der Waals surface area contributed by atoms with E-state index in [-0.39, 0.29) is 11.9 Å². The average Bonchev–Trinajstić information content (AvgIpc) is 2.68. The number of benzene rings is 2. The smallest absolute Gasteiger partial charge is 0.276 e. The summed E-state index contributed by atoms with van der Waals surface area (Å²) >= 11 is 0. The summed E-state index contributed by atoms with van der Waals surface area (Å²) in [4.78, 5) is 18.5. The summed E-state index contributed by atoms with van der Waals surface area (Å²) < 4.78 is 0. The first-order valence-corrected chi connectivity index (χ1v) is 8.26. The van der Waals surface area contributed by atoms with Crippen LogP contribution >= 0.6 is 0 Å². The molecule has 2 aromatic carbocycles. The van der Waals surface area contributed by atoms with Gasteiger partial charge in [-0.25, -0.2) is 0 Å². The van der Waals surface area contributed by atoms with Crippen LogP contribution in [0.3, 0.4) is 0 Å². The van der Waals surface area contributed by atoms with Gasteiger partial charge in [-0.2, -0.15) is 0 Å². The highest BCUT2D eigenvalue weighted by Crippen LogP contribution is 2.20. The molecule has 3 rings (SSSR count). The largest absolute Gasteiger partial charge is 0.378 e. The molecule has 1 unspecified atom stereocenters. The predicted octanol–water partition coefficient (Wildman–Crippen LogP) is 4.53. The van der Waals surface area contributed by atoms with E-state index in [0.717, 1.165) is 11.4 Å². The summed E-state index contributed by atoms with van der Waals surface area (Å²) in [6, 6.07) is 23.5. The first-order chi connectivity index (χ1) is 12.1. The number of para-hydroxylation sites is 1. The van der Waals surface area contributed by atoms with Gasteiger partial charge in [0.15, 0.2) is 0 Å². The van der Waals surface area contributed by atoms with Crippen molar-refractivity contribution in [3.8, 4) is 0 Å². The maximum Gasteiger partial charge on any atom is 0.276 e. The molecule has 126 valence electrons. The van der Waals surface area contributed by atoms with Gasteiger partial charge in [0.25, 0.3) is 5.91 Å². The zero-order valence-electron chi connectivity index (χ0n) is 14.4. The van der Waals surface area contributed by atoms with Crippen molar-refractivity contribution in [1.82, 2.24) is 4.98 Å². The van der Waals surface area contributed by atoms with Crippen LogP contribution in [0, 0.1) is 0 Å². The molecule has 0 saturated carbocycles.